The standard InChI is InChI=1S/C10H19NO3/c1-6(2)4-8(11)9(12)5-7(3)10(13)14/h6-8H,4-5,11H2,1-3H3,(H,13,14)/t7?,8-/m0/s1. The summed E-state index contributed by atoms with van der Waals surface area (Å²) in [5.41, 5.74) is 5.62. The second-order valence-corrected chi connectivity index (χ2v) is 4.15. The van der Waals surface area contributed by atoms with Crippen molar-refractivity contribution in [1.29, 1.82) is 0 Å². The summed E-state index contributed by atoms with van der Waals surface area (Å²) in [4.78, 5) is 21.9. The second-order valence-electron chi connectivity index (χ2n) is 4.15. The van der Waals surface area contributed by atoms with E-state index in [0.29, 0.717) is 12.3 Å². The Morgan fingerprint density at radius 2 is 1.79 bits per heavy atom. The van der Waals surface area contributed by atoms with E-state index in [-0.39, 0.29) is 12.2 Å². The van der Waals surface area contributed by atoms with E-state index in [4.69, 9.17) is 10.8 Å². The number of nitrogens with two attached hydrogens (primary N) is 1. The molecule has 0 aromatic heterocycles. The van der Waals surface area contributed by atoms with Crippen molar-refractivity contribution in [2.75, 3.05) is 0 Å². The van der Waals surface area contributed by atoms with Crippen LogP contribution in [0.15, 0.2) is 0 Å². The van der Waals surface area contributed by atoms with Crippen molar-refractivity contribution in [3.63, 3.8) is 0 Å². The first-order valence-corrected chi connectivity index (χ1v) is 4.85. The lowest BCUT2D eigenvalue weighted by Crippen LogP contribution is -2.33. The molecule has 82 valence electrons. The number of ketones is 1. The van der Waals surface area contributed by atoms with Gasteiger partial charge in [0, 0.05) is 6.42 Å². The number of carbonyl (C=O) groups excluding carboxylic acids is 1. The molecule has 0 aromatic rings. The Morgan fingerprint density at radius 1 is 1.29 bits per heavy atom. The second kappa shape index (κ2) is 5.75. The van der Waals surface area contributed by atoms with Crippen molar-refractivity contribution in [3.05, 3.63) is 0 Å². The zero-order valence-electron chi connectivity index (χ0n) is 8.99. The molecule has 4 nitrogen and oxygen atoms in total. The monoisotopic (exact) mass is 201 g/mol. The predicted octanol–water partition coefficient (Wildman–Crippen LogP) is 1.04. The molecule has 0 aliphatic carbocycles. The quantitative estimate of drug-likeness (QED) is 0.672. The average Bonchev–Trinajstić information content (AvgIpc) is 2.02. The molecule has 0 aromatic carbocycles. The minimum absolute atomic E-state index is 0.0310. The van der Waals surface area contributed by atoms with E-state index in [1.54, 1.807) is 0 Å². The van der Waals surface area contributed by atoms with E-state index in [0.717, 1.165) is 0 Å². The molecule has 0 heterocycles. The van der Waals surface area contributed by atoms with Crippen LogP contribution in [-0.2, 0) is 9.59 Å². The fourth-order valence-electron chi connectivity index (χ4n) is 1.18. The first kappa shape index (κ1) is 13.1. The van der Waals surface area contributed by atoms with E-state index < -0.39 is 17.9 Å². The summed E-state index contributed by atoms with van der Waals surface area (Å²) >= 11 is 0. The lowest BCUT2D eigenvalue weighted by molar-refractivity contribution is -0.143. The highest BCUT2D eigenvalue weighted by Crippen LogP contribution is 2.09. The van der Waals surface area contributed by atoms with E-state index >= 15 is 0 Å². The lowest BCUT2D eigenvalue weighted by atomic mass is 9.95. The van der Waals surface area contributed by atoms with Crippen molar-refractivity contribution in [1.82, 2.24) is 0 Å². The molecule has 0 saturated carbocycles. The van der Waals surface area contributed by atoms with Crippen molar-refractivity contribution in [2.24, 2.45) is 17.6 Å². The van der Waals surface area contributed by atoms with Gasteiger partial charge in [0.25, 0.3) is 0 Å². The molecule has 4 heteroatoms. The number of carboxylic acid groups (broad SMARTS) is 1. The van der Waals surface area contributed by atoms with Crippen LogP contribution in [0.3, 0.4) is 0 Å². The summed E-state index contributed by atoms with van der Waals surface area (Å²) in [5, 5.41) is 8.60. The van der Waals surface area contributed by atoms with Crippen LogP contribution in [0.1, 0.15) is 33.6 Å². The molecule has 0 spiro atoms. The number of hydrogen-bond acceptors (Lipinski definition) is 3. The van der Waals surface area contributed by atoms with Crippen LogP contribution >= 0.6 is 0 Å². The van der Waals surface area contributed by atoms with Crippen LogP contribution in [0.2, 0.25) is 0 Å². The summed E-state index contributed by atoms with van der Waals surface area (Å²) in [6.07, 6.45) is 0.647. The molecule has 0 amide bonds. The maximum Gasteiger partial charge on any atom is 0.306 e. The van der Waals surface area contributed by atoms with Crippen molar-refractivity contribution < 1.29 is 14.7 Å². The topological polar surface area (TPSA) is 80.4 Å². The Hall–Kier alpha value is -0.900. The van der Waals surface area contributed by atoms with Gasteiger partial charge in [-0.2, -0.15) is 0 Å². The van der Waals surface area contributed by atoms with Gasteiger partial charge in [-0.25, -0.2) is 0 Å². The molecule has 2 atom stereocenters. The van der Waals surface area contributed by atoms with Gasteiger partial charge in [-0.3, -0.25) is 9.59 Å². The van der Waals surface area contributed by atoms with Gasteiger partial charge in [0.2, 0.25) is 0 Å². The summed E-state index contributed by atoms with van der Waals surface area (Å²) < 4.78 is 0. The molecule has 0 saturated heterocycles. The van der Waals surface area contributed by atoms with Crippen LogP contribution < -0.4 is 5.73 Å². The molecule has 0 fully saturated rings. The van der Waals surface area contributed by atoms with Crippen molar-refractivity contribution in [3.8, 4) is 0 Å². The van der Waals surface area contributed by atoms with Crippen LogP contribution in [0, 0.1) is 11.8 Å². The fourth-order valence-corrected chi connectivity index (χ4v) is 1.18. The van der Waals surface area contributed by atoms with E-state index in [1.165, 1.54) is 6.92 Å². The van der Waals surface area contributed by atoms with Crippen LogP contribution in [-0.4, -0.2) is 22.9 Å². The molecular weight excluding hydrogens is 182 g/mol. The maximum absolute atomic E-state index is 11.4. The molecule has 0 aliphatic rings. The Morgan fingerprint density at radius 3 is 2.14 bits per heavy atom. The molecule has 14 heavy (non-hydrogen) atoms. The minimum atomic E-state index is -0.949. The number of carbonyl (C=O) groups is 2. The van der Waals surface area contributed by atoms with Crippen LogP contribution in [0.4, 0.5) is 0 Å². The van der Waals surface area contributed by atoms with Crippen LogP contribution in [0.5, 0.6) is 0 Å². The summed E-state index contributed by atoms with van der Waals surface area (Å²) in [6.45, 7) is 5.48. The van der Waals surface area contributed by atoms with Crippen molar-refractivity contribution >= 4 is 11.8 Å². The average molecular weight is 201 g/mol. The highest BCUT2D eigenvalue weighted by molar-refractivity contribution is 5.87. The third-order valence-corrected chi connectivity index (χ3v) is 2.07. The summed E-state index contributed by atoms with van der Waals surface area (Å²) in [5.74, 6) is -1.39. The number of Topliss-reactive ketones (excluding diaryl/α,β-unsaturated/α-hetero) is 1. The van der Waals surface area contributed by atoms with Gasteiger partial charge in [-0.15, -0.1) is 0 Å². The molecule has 0 bridgehead atoms. The van der Waals surface area contributed by atoms with E-state index in [2.05, 4.69) is 0 Å². The summed E-state index contributed by atoms with van der Waals surface area (Å²) in [7, 11) is 0. The zero-order valence-corrected chi connectivity index (χ0v) is 8.99. The highest BCUT2D eigenvalue weighted by atomic mass is 16.4. The molecule has 1 unspecified atom stereocenters. The van der Waals surface area contributed by atoms with Gasteiger partial charge in [0.05, 0.1) is 12.0 Å². The first-order chi connectivity index (χ1) is 6.34. The van der Waals surface area contributed by atoms with Gasteiger partial charge >= 0.3 is 5.97 Å². The highest BCUT2D eigenvalue weighted by Gasteiger charge is 2.20. The Balaban J connectivity index is 4.01. The number of hydrogen-bond donors (Lipinski definition) is 2. The molecule has 3 N–H and O–H groups in total. The molecule has 0 aliphatic heterocycles. The largest absolute Gasteiger partial charge is 0.481 e. The van der Waals surface area contributed by atoms with Gasteiger partial charge in [-0.05, 0) is 12.3 Å². The van der Waals surface area contributed by atoms with Gasteiger partial charge in [0.15, 0.2) is 0 Å². The fraction of sp³-hybridized carbons (Fsp3) is 0.800. The predicted molar refractivity (Wildman–Crippen MR) is 53.9 cm³/mol. The molecule has 0 rings (SSSR count). The lowest BCUT2D eigenvalue weighted by Gasteiger charge is -2.14. The number of aliphatic carboxylic acids is 1. The van der Waals surface area contributed by atoms with E-state index in [1.807, 2.05) is 13.8 Å². The number of carboxylic acids is 1. The normalized spacial score (nSPS) is 15.2. The number of rotatable bonds is 6. The molecular formula is C10H19NO3. The molecule has 0 radical (unpaired) electrons. The zero-order chi connectivity index (χ0) is 11.3. The first-order valence-electron chi connectivity index (χ1n) is 4.85. The maximum atomic E-state index is 11.4. The van der Waals surface area contributed by atoms with Crippen molar-refractivity contribution in [2.45, 2.75) is 39.7 Å². The Labute approximate surface area is 84.5 Å². The Bertz CT molecular complexity index is 213. The smallest absolute Gasteiger partial charge is 0.306 e. The van der Waals surface area contributed by atoms with Gasteiger partial charge in [-0.1, -0.05) is 20.8 Å². The Kier molecular flexibility index (Phi) is 5.38. The van der Waals surface area contributed by atoms with Crippen LogP contribution in [0.25, 0.3) is 0 Å². The third-order valence-electron chi connectivity index (χ3n) is 2.07. The minimum Gasteiger partial charge on any atom is -0.481 e. The SMILES string of the molecule is CC(C)C[C@H](N)C(=O)CC(C)C(=O)O. The third kappa shape index (κ3) is 4.97. The van der Waals surface area contributed by atoms with Gasteiger partial charge in [0.1, 0.15) is 5.78 Å². The summed E-state index contributed by atoms with van der Waals surface area (Å²) in [6, 6.07) is -0.517. The van der Waals surface area contributed by atoms with E-state index in [9.17, 15) is 9.59 Å². The van der Waals surface area contributed by atoms with Gasteiger partial charge < -0.3 is 10.8 Å².